The van der Waals surface area contributed by atoms with Gasteiger partial charge in [-0.1, -0.05) is 6.42 Å². The van der Waals surface area contributed by atoms with Crippen molar-refractivity contribution >= 4 is 5.97 Å². The van der Waals surface area contributed by atoms with Gasteiger partial charge in [-0.25, -0.2) is 0 Å². The smallest absolute Gasteiger partial charge is 0.326 e. The van der Waals surface area contributed by atoms with Gasteiger partial charge in [-0.2, -0.15) is 0 Å². The van der Waals surface area contributed by atoms with Crippen LogP contribution in [0.1, 0.15) is 40.0 Å². The molecular formula is C12H24N2O2. The summed E-state index contributed by atoms with van der Waals surface area (Å²) in [5.41, 5.74) is 5.10. The molecule has 4 heteroatoms. The number of hydrogen-bond donors (Lipinski definition) is 1. The summed E-state index contributed by atoms with van der Waals surface area (Å²) in [4.78, 5) is 13.9. The maximum atomic E-state index is 11.5. The Morgan fingerprint density at radius 1 is 1.44 bits per heavy atom. The summed E-state index contributed by atoms with van der Waals surface area (Å²) in [7, 11) is 1.39. The molecule has 0 amide bonds. The highest BCUT2D eigenvalue weighted by Crippen LogP contribution is 2.24. The summed E-state index contributed by atoms with van der Waals surface area (Å²) in [5.74, 6) is -0.336. The van der Waals surface area contributed by atoms with E-state index in [4.69, 9.17) is 10.5 Å². The summed E-state index contributed by atoms with van der Waals surface area (Å²) in [6, 6.07) is 0.993. The van der Waals surface area contributed by atoms with Gasteiger partial charge >= 0.3 is 5.97 Å². The maximum Gasteiger partial charge on any atom is 0.326 e. The van der Waals surface area contributed by atoms with E-state index in [1.54, 1.807) is 6.92 Å². The van der Waals surface area contributed by atoms with Crippen LogP contribution in [0.25, 0.3) is 0 Å². The molecule has 4 nitrogen and oxygen atoms in total. The summed E-state index contributed by atoms with van der Waals surface area (Å²) >= 11 is 0. The number of carbonyl (C=O) groups excluding carboxylic acids is 1. The van der Waals surface area contributed by atoms with E-state index in [1.807, 2.05) is 0 Å². The molecule has 0 aromatic carbocycles. The molecule has 0 spiro atoms. The van der Waals surface area contributed by atoms with Crippen molar-refractivity contribution in [2.24, 2.45) is 5.73 Å². The minimum absolute atomic E-state index is 0.336. The summed E-state index contributed by atoms with van der Waals surface area (Å²) in [5, 5.41) is 0. The molecule has 0 aromatic rings. The van der Waals surface area contributed by atoms with Crippen LogP contribution in [0.2, 0.25) is 0 Å². The van der Waals surface area contributed by atoms with Gasteiger partial charge in [0.05, 0.1) is 7.11 Å². The van der Waals surface area contributed by atoms with Crippen LogP contribution in [0.5, 0.6) is 0 Å². The van der Waals surface area contributed by atoms with Crippen molar-refractivity contribution < 1.29 is 9.53 Å². The molecule has 1 aliphatic rings. The minimum atomic E-state index is -0.908. The predicted octanol–water partition coefficient (Wildman–Crippen LogP) is 1.14. The molecule has 1 heterocycles. The number of piperidine rings is 1. The molecule has 0 radical (unpaired) electrons. The third-order valence-corrected chi connectivity index (χ3v) is 3.54. The van der Waals surface area contributed by atoms with E-state index in [0.29, 0.717) is 18.6 Å². The van der Waals surface area contributed by atoms with E-state index in [1.165, 1.54) is 26.4 Å². The van der Waals surface area contributed by atoms with Crippen molar-refractivity contribution in [3.05, 3.63) is 0 Å². The van der Waals surface area contributed by atoms with E-state index in [9.17, 15) is 4.79 Å². The molecule has 1 unspecified atom stereocenters. The zero-order chi connectivity index (χ0) is 12.3. The van der Waals surface area contributed by atoms with Crippen molar-refractivity contribution in [1.82, 2.24) is 4.90 Å². The summed E-state index contributed by atoms with van der Waals surface area (Å²) in [6.45, 7) is 6.71. The van der Waals surface area contributed by atoms with Crippen LogP contribution in [0.3, 0.4) is 0 Å². The molecule has 3 atom stereocenters. The summed E-state index contributed by atoms with van der Waals surface area (Å²) < 4.78 is 4.74. The van der Waals surface area contributed by atoms with Gasteiger partial charge < -0.3 is 10.5 Å². The molecule has 0 aliphatic carbocycles. The lowest BCUT2D eigenvalue weighted by molar-refractivity contribution is -0.147. The number of rotatable bonds is 3. The standard InChI is InChI=1S/C12H24N2O2/c1-9-6-5-7-10(2)14(9)8-12(3,13)11(15)16-4/h9-10H,5-8,13H2,1-4H3/t9-,10+,12?. The monoisotopic (exact) mass is 228 g/mol. The van der Waals surface area contributed by atoms with Crippen LogP contribution in [0, 0.1) is 0 Å². The Morgan fingerprint density at radius 2 is 1.94 bits per heavy atom. The Morgan fingerprint density at radius 3 is 2.38 bits per heavy atom. The highest BCUT2D eigenvalue weighted by molar-refractivity contribution is 5.80. The average Bonchev–Trinajstić information content (AvgIpc) is 2.22. The molecule has 2 N–H and O–H groups in total. The van der Waals surface area contributed by atoms with Gasteiger partial charge in [0.1, 0.15) is 5.54 Å². The first kappa shape index (κ1) is 13.5. The van der Waals surface area contributed by atoms with Crippen LogP contribution in [-0.4, -0.2) is 42.1 Å². The first-order valence-electron chi connectivity index (χ1n) is 6.01. The molecule has 0 saturated carbocycles. The Balaban J connectivity index is 2.67. The van der Waals surface area contributed by atoms with E-state index >= 15 is 0 Å². The quantitative estimate of drug-likeness (QED) is 0.736. The number of methoxy groups -OCH3 is 1. The van der Waals surface area contributed by atoms with Crippen molar-refractivity contribution in [1.29, 1.82) is 0 Å². The fourth-order valence-electron chi connectivity index (χ4n) is 2.46. The fourth-order valence-corrected chi connectivity index (χ4v) is 2.46. The molecule has 16 heavy (non-hydrogen) atoms. The zero-order valence-electron chi connectivity index (χ0n) is 10.8. The van der Waals surface area contributed by atoms with Crippen molar-refractivity contribution in [3.8, 4) is 0 Å². The predicted molar refractivity (Wildman–Crippen MR) is 64.1 cm³/mol. The zero-order valence-corrected chi connectivity index (χ0v) is 10.8. The largest absolute Gasteiger partial charge is 0.468 e. The summed E-state index contributed by atoms with van der Waals surface area (Å²) in [6.07, 6.45) is 3.63. The van der Waals surface area contributed by atoms with Gasteiger partial charge in [-0.15, -0.1) is 0 Å². The number of likely N-dealkylation sites (tertiary alicyclic amines) is 1. The van der Waals surface area contributed by atoms with Gasteiger partial charge in [0, 0.05) is 18.6 Å². The third kappa shape index (κ3) is 2.95. The van der Waals surface area contributed by atoms with Crippen LogP contribution >= 0.6 is 0 Å². The first-order valence-corrected chi connectivity index (χ1v) is 6.01. The van der Waals surface area contributed by atoms with E-state index in [0.717, 1.165) is 0 Å². The van der Waals surface area contributed by atoms with Crippen LogP contribution in [0.4, 0.5) is 0 Å². The highest BCUT2D eigenvalue weighted by Gasteiger charge is 2.36. The second kappa shape index (κ2) is 5.15. The average molecular weight is 228 g/mol. The van der Waals surface area contributed by atoms with Gasteiger partial charge in [-0.05, 0) is 33.6 Å². The number of ether oxygens (including phenoxy) is 1. The van der Waals surface area contributed by atoms with Crippen LogP contribution in [0.15, 0.2) is 0 Å². The van der Waals surface area contributed by atoms with Crippen molar-refractivity contribution in [2.45, 2.75) is 57.7 Å². The number of carbonyl (C=O) groups is 1. The van der Waals surface area contributed by atoms with Crippen LogP contribution < -0.4 is 5.73 Å². The van der Waals surface area contributed by atoms with E-state index < -0.39 is 5.54 Å². The Bertz CT molecular complexity index is 243. The number of esters is 1. The van der Waals surface area contributed by atoms with Gasteiger partial charge in [0.15, 0.2) is 0 Å². The third-order valence-electron chi connectivity index (χ3n) is 3.54. The minimum Gasteiger partial charge on any atom is -0.468 e. The fraction of sp³-hybridized carbons (Fsp3) is 0.917. The maximum absolute atomic E-state index is 11.5. The molecule has 1 fully saturated rings. The van der Waals surface area contributed by atoms with Crippen LogP contribution in [-0.2, 0) is 9.53 Å². The van der Waals surface area contributed by atoms with Gasteiger partial charge in [-0.3, -0.25) is 9.69 Å². The molecule has 1 saturated heterocycles. The number of nitrogens with two attached hydrogens (primary N) is 1. The van der Waals surface area contributed by atoms with E-state index in [-0.39, 0.29) is 5.97 Å². The number of nitrogens with zero attached hydrogens (tertiary/aromatic N) is 1. The lowest BCUT2D eigenvalue weighted by Gasteiger charge is -2.42. The van der Waals surface area contributed by atoms with Gasteiger partial charge in [0.25, 0.3) is 0 Å². The van der Waals surface area contributed by atoms with Crippen molar-refractivity contribution in [2.75, 3.05) is 13.7 Å². The van der Waals surface area contributed by atoms with E-state index in [2.05, 4.69) is 18.7 Å². The Labute approximate surface area is 98.1 Å². The SMILES string of the molecule is COC(=O)C(C)(N)CN1[C@H](C)CCC[C@@H]1C. The van der Waals surface area contributed by atoms with Gasteiger partial charge in [0.2, 0.25) is 0 Å². The Hall–Kier alpha value is -0.610. The normalized spacial score (nSPS) is 30.8. The molecule has 1 aliphatic heterocycles. The molecule has 94 valence electrons. The first-order chi connectivity index (χ1) is 7.38. The second-order valence-corrected chi connectivity index (χ2v) is 5.21. The molecule has 0 bridgehead atoms. The lowest BCUT2D eigenvalue weighted by atomic mass is 9.94. The number of hydrogen-bond acceptors (Lipinski definition) is 4. The second-order valence-electron chi connectivity index (χ2n) is 5.21. The Kier molecular flexibility index (Phi) is 4.33. The molecule has 1 rings (SSSR count). The lowest BCUT2D eigenvalue weighted by Crippen LogP contribution is -2.58. The highest BCUT2D eigenvalue weighted by atomic mass is 16.5. The molecule has 0 aromatic heterocycles. The molecular weight excluding hydrogens is 204 g/mol. The van der Waals surface area contributed by atoms with Crippen molar-refractivity contribution in [3.63, 3.8) is 0 Å². The topological polar surface area (TPSA) is 55.6 Å².